The zero-order valence-corrected chi connectivity index (χ0v) is 16.6. The normalized spacial score (nSPS) is 11.8. The number of thiazole rings is 1. The second-order valence-corrected chi connectivity index (χ2v) is 7.32. The van der Waals surface area contributed by atoms with Crippen molar-refractivity contribution >= 4 is 32.6 Å². The van der Waals surface area contributed by atoms with Crippen LogP contribution in [0.15, 0.2) is 42.5 Å². The molecule has 0 spiro atoms. The number of halogens is 4. The standard InChI is InChI=1S/C20H18F4N2O3S/c1-2-29-14-6-7-15-16(9-14)30-19(25-15)26-17(27)13-5-3-4-12(8-13)10-28-11-20(23,24)18(21)22/h3-9,18H,2,10-11H2,1H3,(H,25,26,27). The van der Waals surface area contributed by atoms with E-state index in [9.17, 15) is 22.4 Å². The molecule has 3 aromatic rings. The van der Waals surface area contributed by atoms with Crippen LogP contribution in [0, 0.1) is 0 Å². The van der Waals surface area contributed by atoms with Crippen molar-refractivity contribution in [3.8, 4) is 5.75 Å². The van der Waals surface area contributed by atoms with E-state index in [1.54, 1.807) is 24.3 Å². The maximum Gasteiger partial charge on any atom is 0.330 e. The predicted octanol–water partition coefficient (Wildman–Crippen LogP) is 5.36. The molecule has 0 saturated carbocycles. The number of rotatable bonds is 9. The predicted molar refractivity (Wildman–Crippen MR) is 106 cm³/mol. The summed E-state index contributed by atoms with van der Waals surface area (Å²) in [5, 5.41) is 3.08. The number of fused-ring (bicyclic) bond motifs is 1. The van der Waals surface area contributed by atoms with E-state index in [-0.39, 0.29) is 12.2 Å². The van der Waals surface area contributed by atoms with E-state index in [0.29, 0.717) is 28.6 Å². The largest absolute Gasteiger partial charge is 0.494 e. The van der Waals surface area contributed by atoms with Crippen molar-refractivity contribution in [3.05, 3.63) is 53.6 Å². The highest BCUT2D eigenvalue weighted by Crippen LogP contribution is 2.29. The van der Waals surface area contributed by atoms with Crippen molar-refractivity contribution in [2.45, 2.75) is 25.9 Å². The Morgan fingerprint density at radius 1 is 1.23 bits per heavy atom. The van der Waals surface area contributed by atoms with E-state index in [1.165, 1.54) is 23.5 Å². The molecule has 10 heteroatoms. The molecule has 1 amide bonds. The minimum absolute atomic E-state index is 0.256. The van der Waals surface area contributed by atoms with E-state index in [1.807, 2.05) is 13.0 Å². The van der Waals surface area contributed by atoms with E-state index in [0.717, 1.165) is 4.70 Å². The lowest BCUT2D eigenvalue weighted by molar-refractivity contribution is -0.168. The van der Waals surface area contributed by atoms with Crippen LogP contribution in [-0.2, 0) is 11.3 Å². The Bertz CT molecular complexity index is 1030. The molecule has 1 N–H and O–H groups in total. The van der Waals surface area contributed by atoms with Gasteiger partial charge in [0.15, 0.2) is 5.13 Å². The molecule has 0 atom stereocenters. The SMILES string of the molecule is CCOc1ccc2nc(NC(=O)c3cccc(COCC(F)(F)C(F)F)c3)sc2c1. The molecule has 0 aliphatic heterocycles. The van der Waals surface area contributed by atoms with Gasteiger partial charge in [-0.15, -0.1) is 0 Å². The highest BCUT2D eigenvalue weighted by Gasteiger charge is 2.40. The van der Waals surface area contributed by atoms with Gasteiger partial charge in [0.25, 0.3) is 5.91 Å². The molecule has 1 aromatic heterocycles. The molecule has 30 heavy (non-hydrogen) atoms. The maximum absolute atomic E-state index is 12.9. The topological polar surface area (TPSA) is 60.5 Å². The third kappa shape index (κ3) is 5.45. The van der Waals surface area contributed by atoms with Crippen molar-refractivity contribution in [2.24, 2.45) is 0 Å². The molecule has 1 heterocycles. The van der Waals surface area contributed by atoms with Gasteiger partial charge in [0.05, 0.1) is 23.4 Å². The minimum Gasteiger partial charge on any atom is -0.494 e. The highest BCUT2D eigenvalue weighted by molar-refractivity contribution is 7.22. The molecular weight excluding hydrogens is 424 g/mol. The van der Waals surface area contributed by atoms with Crippen molar-refractivity contribution in [1.29, 1.82) is 0 Å². The van der Waals surface area contributed by atoms with Gasteiger partial charge in [0.1, 0.15) is 12.4 Å². The van der Waals surface area contributed by atoms with Gasteiger partial charge in [0, 0.05) is 5.56 Å². The number of benzene rings is 2. The second-order valence-electron chi connectivity index (χ2n) is 6.29. The molecule has 0 fully saturated rings. The number of hydrogen-bond donors (Lipinski definition) is 1. The second kappa shape index (κ2) is 9.40. The van der Waals surface area contributed by atoms with Crippen LogP contribution < -0.4 is 10.1 Å². The summed E-state index contributed by atoms with van der Waals surface area (Å²) in [6.07, 6.45) is -3.80. The molecule has 0 saturated heterocycles. The third-order valence-electron chi connectivity index (χ3n) is 3.96. The van der Waals surface area contributed by atoms with Crippen molar-refractivity contribution in [2.75, 3.05) is 18.5 Å². The van der Waals surface area contributed by atoms with Crippen molar-refractivity contribution < 1.29 is 31.8 Å². The Labute approximate surface area is 173 Å². The van der Waals surface area contributed by atoms with Crippen molar-refractivity contribution in [1.82, 2.24) is 4.98 Å². The van der Waals surface area contributed by atoms with Gasteiger partial charge in [0.2, 0.25) is 0 Å². The van der Waals surface area contributed by atoms with E-state index >= 15 is 0 Å². The van der Waals surface area contributed by atoms with Crippen LogP contribution >= 0.6 is 11.3 Å². The average molecular weight is 442 g/mol. The first-order chi connectivity index (χ1) is 14.3. The zero-order valence-electron chi connectivity index (χ0n) is 15.8. The Morgan fingerprint density at radius 3 is 2.77 bits per heavy atom. The maximum atomic E-state index is 12.9. The van der Waals surface area contributed by atoms with Crippen LogP contribution in [0.3, 0.4) is 0 Å². The number of nitrogens with one attached hydrogen (secondary N) is 1. The molecule has 0 radical (unpaired) electrons. The Morgan fingerprint density at radius 2 is 2.03 bits per heavy atom. The van der Waals surface area contributed by atoms with Crippen LogP contribution in [0.2, 0.25) is 0 Å². The van der Waals surface area contributed by atoms with Gasteiger partial charge >= 0.3 is 12.3 Å². The number of nitrogens with zero attached hydrogens (tertiary/aromatic N) is 1. The number of aromatic nitrogens is 1. The fraction of sp³-hybridized carbons (Fsp3) is 0.300. The Kier molecular flexibility index (Phi) is 6.88. The van der Waals surface area contributed by atoms with Gasteiger partial charge < -0.3 is 9.47 Å². The molecule has 0 aliphatic carbocycles. The van der Waals surface area contributed by atoms with Gasteiger partial charge in [-0.05, 0) is 42.8 Å². The summed E-state index contributed by atoms with van der Waals surface area (Å²) >= 11 is 1.28. The lowest BCUT2D eigenvalue weighted by atomic mass is 10.1. The number of alkyl halides is 4. The monoisotopic (exact) mass is 442 g/mol. The number of amides is 1. The summed E-state index contributed by atoms with van der Waals surface area (Å²) in [6, 6.07) is 11.5. The number of anilines is 1. The van der Waals surface area contributed by atoms with Crippen LogP contribution in [0.1, 0.15) is 22.8 Å². The number of hydrogen-bond acceptors (Lipinski definition) is 5. The number of carbonyl (C=O) groups is 1. The van der Waals surface area contributed by atoms with Gasteiger partial charge in [-0.3, -0.25) is 10.1 Å². The first kappa shape index (κ1) is 22.0. The van der Waals surface area contributed by atoms with E-state index < -0.39 is 24.9 Å². The van der Waals surface area contributed by atoms with Crippen molar-refractivity contribution in [3.63, 3.8) is 0 Å². The fourth-order valence-electron chi connectivity index (χ4n) is 2.55. The van der Waals surface area contributed by atoms with Gasteiger partial charge in [-0.1, -0.05) is 23.5 Å². The summed E-state index contributed by atoms with van der Waals surface area (Å²) in [5.74, 6) is -3.96. The lowest BCUT2D eigenvalue weighted by Gasteiger charge is -2.15. The molecule has 5 nitrogen and oxygen atoms in total. The first-order valence-electron chi connectivity index (χ1n) is 8.96. The van der Waals surface area contributed by atoms with E-state index in [2.05, 4.69) is 15.0 Å². The van der Waals surface area contributed by atoms with Crippen LogP contribution in [0.4, 0.5) is 22.7 Å². The molecule has 0 aliphatic rings. The molecule has 3 rings (SSSR count). The minimum atomic E-state index is -4.22. The van der Waals surface area contributed by atoms with Crippen LogP contribution in [0.25, 0.3) is 10.2 Å². The highest BCUT2D eigenvalue weighted by atomic mass is 32.1. The first-order valence-corrected chi connectivity index (χ1v) is 9.77. The molecule has 0 unspecified atom stereocenters. The van der Waals surface area contributed by atoms with Gasteiger partial charge in [-0.2, -0.15) is 8.78 Å². The Hall–Kier alpha value is -2.72. The quantitative estimate of drug-likeness (QED) is 0.453. The van der Waals surface area contributed by atoms with Crippen LogP contribution in [-0.4, -0.2) is 36.5 Å². The Balaban J connectivity index is 1.64. The molecular formula is C20H18F4N2O3S. The number of ether oxygens (including phenoxy) is 2. The summed E-state index contributed by atoms with van der Waals surface area (Å²) in [7, 11) is 0. The smallest absolute Gasteiger partial charge is 0.330 e. The van der Waals surface area contributed by atoms with Gasteiger partial charge in [-0.25, -0.2) is 13.8 Å². The molecule has 2 aromatic carbocycles. The zero-order chi connectivity index (χ0) is 21.7. The molecule has 0 bridgehead atoms. The third-order valence-corrected chi connectivity index (χ3v) is 4.90. The van der Waals surface area contributed by atoms with Crippen LogP contribution in [0.5, 0.6) is 5.75 Å². The van der Waals surface area contributed by atoms with E-state index in [4.69, 9.17) is 4.74 Å². The molecule has 160 valence electrons. The summed E-state index contributed by atoms with van der Waals surface area (Å²) < 4.78 is 61.1. The number of carbonyl (C=O) groups excluding carboxylic acids is 1. The average Bonchev–Trinajstić information content (AvgIpc) is 3.09. The summed E-state index contributed by atoms with van der Waals surface area (Å²) in [4.78, 5) is 16.9. The summed E-state index contributed by atoms with van der Waals surface area (Å²) in [5.41, 5.74) is 1.37. The fourth-order valence-corrected chi connectivity index (χ4v) is 3.44. The summed E-state index contributed by atoms with van der Waals surface area (Å²) in [6.45, 7) is 0.682. The lowest BCUT2D eigenvalue weighted by Crippen LogP contribution is -2.32.